The van der Waals surface area contributed by atoms with Gasteiger partial charge < -0.3 is 4.57 Å². The molecule has 0 atom stereocenters. The summed E-state index contributed by atoms with van der Waals surface area (Å²) in [6, 6.07) is 17.7. The van der Waals surface area contributed by atoms with Crippen molar-refractivity contribution in [2.24, 2.45) is 7.05 Å². The Kier molecular flexibility index (Phi) is 4.15. The Morgan fingerprint density at radius 1 is 0.778 bits per heavy atom. The first-order valence-electron chi connectivity index (χ1n) is 9.53. The highest BCUT2D eigenvalue weighted by Gasteiger charge is 2.24. The second kappa shape index (κ2) is 6.38. The van der Waals surface area contributed by atoms with Crippen LogP contribution in [-0.2, 0) is 7.05 Å². The summed E-state index contributed by atoms with van der Waals surface area (Å²) in [6.07, 6.45) is 2.20. The van der Waals surface area contributed by atoms with Crippen LogP contribution in [-0.4, -0.2) is 4.57 Å². The number of nitrogens with zero attached hydrogens (tertiary/aromatic N) is 2. The molecule has 0 spiro atoms. The molecule has 4 rings (SSSR count). The molecule has 136 valence electrons. The molecule has 2 aromatic carbocycles. The Morgan fingerprint density at radius 2 is 1.44 bits per heavy atom. The normalized spacial score (nSPS) is 11.3. The van der Waals surface area contributed by atoms with Gasteiger partial charge in [0.25, 0.3) is 0 Å². The minimum Gasteiger partial charge on any atom is -0.303 e. The van der Waals surface area contributed by atoms with Crippen molar-refractivity contribution in [3.63, 3.8) is 0 Å². The molecule has 0 bridgehead atoms. The Bertz CT molecular complexity index is 1160. The molecule has 0 aliphatic rings. The van der Waals surface area contributed by atoms with Crippen LogP contribution in [0.1, 0.15) is 27.8 Å². The van der Waals surface area contributed by atoms with Crippen LogP contribution in [0.4, 0.5) is 0 Å². The third kappa shape index (κ3) is 2.76. The van der Waals surface area contributed by atoms with Crippen LogP contribution in [0.5, 0.6) is 0 Å². The van der Waals surface area contributed by atoms with Gasteiger partial charge >= 0.3 is 0 Å². The number of fused-ring (bicyclic) bond motifs is 1. The summed E-state index contributed by atoms with van der Waals surface area (Å²) in [5, 5.41) is 1.31. The Morgan fingerprint density at radius 3 is 2.11 bits per heavy atom. The maximum atomic E-state index is 2.46. The molecule has 0 unspecified atom stereocenters. The van der Waals surface area contributed by atoms with Gasteiger partial charge in [0.2, 0.25) is 5.69 Å². The zero-order valence-electron chi connectivity index (χ0n) is 17.1. The highest BCUT2D eigenvalue weighted by molar-refractivity contribution is 5.93. The van der Waals surface area contributed by atoms with Crippen molar-refractivity contribution in [3.05, 3.63) is 82.5 Å². The van der Waals surface area contributed by atoms with Crippen LogP contribution in [0, 0.1) is 34.6 Å². The van der Waals surface area contributed by atoms with Crippen LogP contribution >= 0.6 is 0 Å². The monoisotopic (exact) mass is 355 g/mol. The lowest BCUT2D eigenvalue weighted by Gasteiger charge is -2.17. The number of pyridine rings is 1. The summed E-state index contributed by atoms with van der Waals surface area (Å²) < 4.78 is 4.70. The van der Waals surface area contributed by atoms with Crippen LogP contribution in [0.3, 0.4) is 0 Å². The van der Waals surface area contributed by atoms with Gasteiger partial charge in [0.15, 0.2) is 6.20 Å². The van der Waals surface area contributed by atoms with E-state index in [2.05, 4.69) is 106 Å². The predicted octanol–water partition coefficient (Wildman–Crippen LogP) is 5.66. The van der Waals surface area contributed by atoms with Crippen LogP contribution < -0.4 is 4.57 Å². The standard InChI is InChI=1S/C25H27N2/c1-16-11-12-23(26(6)15-16)25-20(5)21-9-7-8-10-22(21)27(25)24-18(3)13-17(2)14-19(24)4/h7-15H,1-6H3/q+1. The molecule has 4 aromatic rings. The molecule has 0 N–H and O–H groups in total. The second-order valence-electron chi connectivity index (χ2n) is 7.78. The first kappa shape index (κ1) is 17.5. The van der Waals surface area contributed by atoms with Gasteiger partial charge in [-0.3, -0.25) is 0 Å². The molecular weight excluding hydrogens is 328 g/mol. The zero-order valence-corrected chi connectivity index (χ0v) is 17.1. The van der Waals surface area contributed by atoms with Gasteiger partial charge in [0.1, 0.15) is 12.7 Å². The zero-order chi connectivity index (χ0) is 19.3. The van der Waals surface area contributed by atoms with Gasteiger partial charge in [-0.15, -0.1) is 0 Å². The van der Waals surface area contributed by atoms with Crippen molar-refractivity contribution >= 4 is 10.9 Å². The van der Waals surface area contributed by atoms with Gasteiger partial charge in [0, 0.05) is 17.0 Å². The third-order valence-corrected chi connectivity index (χ3v) is 5.51. The number of aryl methyl sites for hydroxylation is 6. The quantitative estimate of drug-likeness (QED) is 0.410. The first-order valence-corrected chi connectivity index (χ1v) is 9.53. The number of hydrogen-bond donors (Lipinski definition) is 0. The van der Waals surface area contributed by atoms with Crippen molar-refractivity contribution in [1.29, 1.82) is 0 Å². The van der Waals surface area contributed by atoms with E-state index < -0.39 is 0 Å². The van der Waals surface area contributed by atoms with E-state index in [0.717, 1.165) is 0 Å². The predicted molar refractivity (Wildman–Crippen MR) is 114 cm³/mol. The first-order chi connectivity index (χ1) is 12.9. The van der Waals surface area contributed by atoms with Gasteiger partial charge in [-0.05, 0) is 63.4 Å². The van der Waals surface area contributed by atoms with Crippen molar-refractivity contribution in [3.8, 4) is 17.1 Å². The van der Waals surface area contributed by atoms with Crippen LogP contribution in [0.2, 0.25) is 0 Å². The number of hydrogen-bond acceptors (Lipinski definition) is 0. The summed E-state index contributed by atoms with van der Waals surface area (Å²) in [5.41, 5.74) is 11.6. The average Bonchev–Trinajstić information content (AvgIpc) is 2.88. The summed E-state index contributed by atoms with van der Waals surface area (Å²) in [7, 11) is 2.14. The van der Waals surface area contributed by atoms with Crippen molar-refractivity contribution in [2.75, 3.05) is 0 Å². The molecule has 0 aliphatic heterocycles. The van der Waals surface area contributed by atoms with E-state index in [1.54, 1.807) is 0 Å². The molecule has 2 aromatic heterocycles. The van der Waals surface area contributed by atoms with Crippen molar-refractivity contribution in [2.45, 2.75) is 34.6 Å². The number of benzene rings is 2. The fourth-order valence-electron chi connectivity index (χ4n) is 4.46. The van der Waals surface area contributed by atoms with Gasteiger partial charge in [-0.25, -0.2) is 0 Å². The molecule has 0 aliphatic carbocycles. The number of aromatic nitrogens is 2. The molecule has 2 nitrogen and oxygen atoms in total. The van der Waals surface area contributed by atoms with Crippen LogP contribution in [0.15, 0.2) is 54.7 Å². The summed E-state index contributed by atoms with van der Waals surface area (Å²) in [6.45, 7) is 11.0. The number of para-hydroxylation sites is 1. The lowest BCUT2D eigenvalue weighted by molar-refractivity contribution is -0.660. The summed E-state index contributed by atoms with van der Waals surface area (Å²) in [4.78, 5) is 0. The topological polar surface area (TPSA) is 8.81 Å². The second-order valence-corrected chi connectivity index (χ2v) is 7.78. The van der Waals surface area contributed by atoms with E-state index in [-0.39, 0.29) is 0 Å². The SMILES string of the molecule is Cc1cc(C)c(-n2c(-c3ccc(C)c[n+]3C)c(C)c3ccccc32)c(C)c1. The van der Waals surface area contributed by atoms with Crippen molar-refractivity contribution in [1.82, 2.24) is 4.57 Å². The average molecular weight is 356 g/mol. The lowest BCUT2D eigenvalue weighted by Crippen LogP contribution is -2.31. The largest absolute Gasteiger partial charge is 0.303 e. The van der Waals surface area contributed by atoms with E-state index in [1.807, 2.05) is 0 Å². The lowest BCUT2D eigenvalue weighted by atomic mass is 10.0. The van der Waals surface area contributed by atoms with E-state index in [9.17, 15) is 0 Å². The minimum absolute atomic E-state index is 1.23. The third-order valence-electron chi connectivity index (χ3n) is 5.51. The highest BCUT2D eigenvalue weighted by Crippen LogP contribution is 2.36. The maximum Gasteiger partial charge on any atom is 0.229 e. The maximum absolute atomic E-state index is 2.46. The Labute approximate surface area is 161 Å². The van der Waals surface area contributed by atoms with Gasteiger partial charge in [0.05, 0.1) is 11.2 Å². The summed E-state index contributed by atoms with van der Waals surface area (Å²) >= 11 is 0. The van der Waals surface area contributed by atoms with Crippen LogP contribution in [0.25, 0.3) is 28.0 Å². The molecule has 0 radical (unpaired) electrons. The summed E-state index contributed by atoms with van der Waals surface area (Å²) in [5.74, 6) is 0. The Hall–Kier alpha value is -2.87. The van der Waals surface area contributed by atoms with Crippen molar-refractivity contribution < 1.29 is 4.57 Å². The smallest absolute Gasteiger partial charge is 0.229 e. The minimum atomic E-state index is 1.23. The molecule has 0 saturated carbocycles. The molecule has 2 heteroatoms. The fourth-order valence-corrected chi connectivity index (χ4v) is 4.46. The van der Waals surface area contributed by atoms with E-state index in [4.69, 9.17) is 0 Å². The van der Waals surface area contributed by atoms with E-state index in [1.165, 1.54) is 55.8 Å². The number of rotatable bonds is 2. The molecule has 0 saturated heterocycles. The Balaban J connectivity index is 2.18. The molecule has 2 heterocycles. The van der Waals surface area contributed by atoms with E-state index in [0.29, 0.717) is 0 Å². The van der Waals surface area contributed by atoms with Gasteiger partial charge in [-0.2, -0.15) is 4.57 Å². The highest BCUT2D eigenvalue weighted by atomic mass is 15.0. The van der Waals surface area contributed by atoms with E-state index >= 15 is 0 Å². The molecule has 0 amide bonds. The fraction of sp³-hybridized carbons (Fsp3) is 0.240. The molecular formula is C25H27N2+. The molecule has 27 heavy (non-hydrogen) atoms. The molecule has 0 fully saturated rings. The van der Waals surface area contributed by atoms with Gasteiger partial charge in [-0.1, -0.05) is 35.9 Å².